The summed E-state index contributed by atoms with van der Waals surface area (Å²) < 4.78 is 12.5. The van der Waals surface area contributed by atoms with Gasteiger partial charge in [-0.2, -0.15) is 4.98 Å². The van der Waals surface area contributed by atoms with Crippen LogP contribution in [0.25, 0.3) is 11.3 Å². The van der Waals surface area contributed by atoms with E-state index in [1.165, 1.54) is 12.8 Å². The van der Waals surface area contributed by atoms with Crippen molar-refractivity contribution in [1.82, 2.24) is 15.2 Å². The zero-order valence-electron chi connectivity index (χ0n) is 16.9. The Morgan fingerprint density at radius 1 is 1.13 bits per heavy atom. The fourth-order valence-electron chi connectivity index (χ4n) is 3.18. The van der Waals surface area contributed by atoms with Crippen molar-refractivity contribution in [2.45, 2.75) is 37.6 Å². The van der Waals surface area contributed by atoms with Crippen LogP contribution in [0.3, 0.4) is 0 Å². The molecule has 0 saturated carbocycles. The van der Waals surface area contributed by atoms with Gasteiger partial charge in [0.15, 0.2) is 11.9 Å². The summed E-state index contributed by atoms with van der Waals surface area (Å²) in [6.07, 6.45) is 3.11. The number of hydrogen-bond acceptors (Lipinski definition) is 7. The van der Waals surface area contributed by atoms with E-state index in [-0.39, 0.29) is 0 Å². The van der Waals surface area contributed by atoms with Crippen molar-refractivity contribution in [2.75, 3.05) is 18.2 Å². The molecular formula is C22H23BrN4O2S. The highest BCUT2D eigenvalue weighted by Crippen LogP contribution is 2.41. The fourth-order valence-corrected chi connectivity index (χ4v) is 4.31. The van der Waals surface area contributed by atoms with Crippen LogP contribution in [0.1, 0.15) is 38.0 Å². The number of halogens is 1. The number of hydrogen-bond donors (Lipinski definition) is 1. The molecule has 0 fully saturated rings. The molecule has 1 aliphatic rings. The molecule has 30 heavy (non-hydrogen) atoms. The third kappa shape index (κ3) is 4.70. The largest absolute Gasteiger partial charge is 0.497 e. The second-order valence-corrected chi connectivity index (χ2v) is 8.89. The van der Waals surface area contributed by atoms with E-state index >= 15 is 0 Å². The Labute approximate surface area is 188 Å². The number of rotatable bonds is 7. The van der Waals surface area contributed by atoms with Gasteiger partial charge in [0.1, 0.15) is 5.75 Å². The molecule has 0 saturated heterocycles. The average molecular weight is 487 g/mol. The Morgan fingerprint density at radius 3 is 2.73 bits per heavy atom. The number of methoxy groups -OCH3 is 1. The summed E-state index contributed by atoms with van der Waals surface area (Å²) in [6, 6.07) is 13.8. The van der Waals surface area contributed by atoms with Crippen molar-refractivity contribution < 1.29 is 9.47 Å². The number of benzene rings is 2. The van der Waals surface area contributed by atoms with Crippen LogP contribution in [-0.4, -0.2) is 28.0 Å². The number of nitrogens with zero attached hydrogens (tertiary/aromatic N) is 3. The Balaban J connectivity index is 1.69. The van der Waals surface area contributed by atoms with Gasteiger partial charge >= 0.3 is 0 Å². The van der Waals surface area contributed by atoms with Crippen LogP contribution >= 0.6 is 27.7 Å². The molecule has 8 heteroatoms. The molecule has 156 valence electrons. The third-order valence-corrected chi connectivity index (χ3v) is 6.20. The average Bonchev–Trinajstić information content (AvgIpc) is 2.93. The Kier molecular flexibility index (Phi) is 6.74. The lowest BCUT2D eigenvalue weighted by molar-refractivity contribution is 0.225. The second kappa shape index (κ2) is 9.66. The lowest BCUT2D eigenvalue weighted by Gasteiger charge is -2.19. The molecule has 2 heterocycles. The summed E-state index contributed by atoms with van der Waals surface area (Å²) in [5.74, 6) is 2.25. The first kappa shape index (κ1) is 20.9. The maximum atomic E-state index is 6.31. The minimum absolute atomic E-state index is 0.410. The molecule has 0 radical (unpaired) electrons. The molecule has 1 N–H and O–H groups in total. The molecule has 6 nitrogen and oxygen atoms in total. The van der Waals surface area contributed by atoms with E-state index in [4.69, 9.17) is 14.5 Å². The predicted octanol–water partition coefficient (Wildman–Crippen LogP) is 6.10. The van der Waals surface area contributed by atoms with Crippen molar-refractivity contribution in [2.24, 2.45) is 0 Å². The molecule has 0 bridgehead atoms. The van der Waals surface area contributed by atoms with Crippen molar-refractivity contribution in [3.63, 3.8) is 0 Å². The van der Waals surface area contributed by atoms with Gasteiger partial charge in [0.05, 0.1) is 7.11 Å². The van der Waals surface area contributed by atoms with E-state index in [2.05, 4.69) is 38.4 Å². The standard InChI is InChI=1S/C22H23BrN4O2S/c1-3-4-5-12-30-22-25-21-19(26-27-22)17-13-15(23)8-11-18(17)24-20(29-21)14-6-9-16(28-2)10-7-14/h6-11,13,20,24H,3-5,12H2,1-2H3/t20-/m1/s1. The van der Waals surface area contributed by atoms with Gasteiger partial charge in [-0.05, 0) is 48.9 Å². The predicted molar refractivity (Wildman–Crippen MR) is 123 cm³/mol. The van der Waals surface area contributed by atoms with Gasteiger partial charge in [0.2, 0.25) is 11.0 Å². The van der Waals surface area contributed by atoms with E-state index in [9.17, 15) is 0 Å². The molecule has 0 amide bonds. The van der Waals surface area contributed by atoms with Crippen LogP contribution in [0.4, 0.5) is 5.69 Å². The van der Waals surface area contributed by atoms with E-state index in [0.717, 1.165) is 39.2 Å². The molecule has 1 aromatic heterocycles. The van der Waals surface area contributed by atoms with Gasteiger partial charge in [0, 0.05) is 27.0 Å². The van der Waals surface area contributed by atoms with Crippen LogP contribution in [0.5, 0.6) is 11.6 Å². The highest BCUT2D eigenvalue weighted by Gasteiger charge is 2.26. The van der Waals surface area contributed by atoms with Gasteiger partial charge < -0.3 is 14.8 Å². The monoisotopic (exact) mass is 486 g/mol. The number of aromatic nitrogens is 3. The maximum Gasteiger partial charge on any atom is 0.247 e. The summed E-state index contributed by atoms with van der Waals surface area (Å²) in [7, 11) is 1.65. The Hall–Kier alpha value is -2.32. The van der Waals surface area contributed by atoms with Crippen LogP contribution in [-0.2, 0) is 0 Å². The van der Waals surface area contributed by atoms with Crippen LogP contribution in [0.2, 0.25) is 0 Å². The maximum absolute atomic E-state index is 6.31. The lowest BCUT2D eigenvalue weighted by atomic mass is 10.1. The summed E-state index contributed by atoms with van der Waals surface area (Å²) in [6.45, 7) is 2.20. The van der Waals surface area contributed by atoms with Gasteiger partial charge in [-0.1, -0.05) is 47.5 Å². The lowest BCUT2D eigenvalue weighted by Crippen LogP contribution is -2.17. The van der Waals surface area contributed by atoms with E-state index in [0.29, 0.717) is 16.7 Å². The Morgan fingerprint density at radius 2 is 1.97 bits per heavy atom. The normalized spacial score (nSPS) is 14.7. The molecule has 1 aliphatic heterocycles. The third-order valence-electron chi connectivity index (χ3n) is 4.79. The van der Waals surface area contributed by atoms with E-state index < -0.39 is 6.23 Å². The van der Waals surface area contributed by atoms with Crippen molar-refractivity contribution in [3.05, 3.63) is 52.5 Å². The first-order valence-corrected chi connectivity index (χ1v) is 11.7. The van der Waals surface area contributed by atoms with Gasteiger partial charge in [0.25, 0.3) is 0 Å². The smallest absolute Gasteiger partial charge is 0.247 e. The summed E-state index contributed by atoms with van der Waals surface area (Å²) in [5.41, 5.74) is 3.41. The highest BCUT2D eigenvalue weighted by atomic mass is 79.9. The molecule has 1 atom stereocenters. The summed E-state index contributed by atoms with van der Waals surface area (Å²) in [4.78, 5) is 4.70. The molecular weight excluding hydrogens is 464 g/mol. The first-order chi connectivity index (χ1) is 14.7. The zero-order valence-corrected chi connectivity index (χ0v) is 19.3. The van der Waals surface area contributed by atoms with Crippen LogP contribution < -0.4 is 14.8 Å². The molecule has 0 unspecified atom stereocenters. The molecule has 3 aromatic rings. The second-order valence-electron chi connectivity index (χ2n) is 6.91. The van der Waals surface area contributed by atoms with Gasteiger partial charge in [-0.3, -0.25) is 0 Å². The minimum Gasteiger partial charge on any atom is -0.497 e. The number of anilines is 1. The Bertz CT molecular complexity index is 1020. The quantitative estimate of drug-likeness (QED) is 0.319. The zero-order chi connectivity index (χ0) is 20.9. The van der Waals surface area contributed by atoms with E-state index in [1.54, 1.807) is 18.9 Å². The van der Waals surface area contributed by atoms with Gasteiger partial charge in [-0.25, -0.2) is 0 Å². The summed E-state index contributed by atoms with van der Waals surface area (Å²) >= 11 is 5.17. The minimum atomic E-state index is -0.410. The molecule has 0 spiro atoms. The fraction of sp³-hybridized carbons (Fsp3) is 0.318. The van der Waals surface area contributed by atoms with Crippen molar-refractivity contribution in [1.29, 1.82) is 0 Å². The first-order valence-electron chi connectivity index (χ1n) is 9.92. The molecule has 2 aromatic carbocycles. The highest BCUT2D eigenvalue weighted by molar-refractivity contribution is 9.10. The number of thioether (sulfide) groups is 1. The summed E-state index contributed by atoms with van der Waals surface area (Å²) in [5, 5.41) is 12.9. The molecule has 4 rings (SSSR count). The van der Waals surface area contributed by atoms with Crippen LogP contribution in [0, 0.1) is 0 Å². The topological polar surface area (TPSA) is 69.2 Å². The van der Waals surface area contributed by atoms with Crippen molar-refractivity contribution >= 4 is 33.4 Å². The number of ether oxygens (including phenoxy) is 2. The number of nitrogens with one attached hydrogen (secondary N) is 1. The van der Waals surface area contributed by atoms with Gasteiger partial charge in [-0.15, -0.1) is 10.2 Å². The SMILES string of the molecule is CCCCCSc1nnc2c(n1)O[C@H](c1ccc(OC)cc1)Nc1ccc(Br)cc1-2. The number of fused-ring (bicyclic) bond motifs is 3. The van der Waals surface area contributed by atoms with Crippen molar-refractivity contribution in [3.8, 4) is 22.9 Å². The van der Waals surface area contributed by atoms with Crippen LogP contribution in [0.15, 0.2) is 52.1 Å². The number of unbranched alkanes of at least 4 members (excludes halogenated alkanes) is 2. The van der Waals surface area contributed by atoms with E-state index in [1.807, 2.05) is 42.5 Å². The molecule has 0 aliphatic carbocycles.